The predicted molar refractivity (Wildman–Crippen MR) is 83.8 cm³/mol. The van der Waals surface area contributed by atoms with E-state index in [0.717, 1.165) is 18.4 Å². The highest BCUT2D eigenvalue weighted by molar-refractivity contribution is 5.89. The fraction of sp³-hybridized carbons (Fsp3) is 0.500. The van der Waals surface area contributed by atoms with E-state index in [0.29, 0.717) is 5.56 Å². The lowest BCUT2D eigenvalue weighted by atomic mass is 10.0. The molecule has 0 aromatic heterocycles. The van der Waals surface area contributed by atoms with Gasteiger partial charge in [-0.3, -0.25) is 0 Å². The van der Waals surface area contributed by atoms with Crippen molar-refractivity contribution in [2.75, 3.05) is 0 Å². The summed E-state index contributed by atoms with van der Waals surface area (Å²) in [5.41, 5.74) is 1.52. The van der Waals surface area contributed by atoms with E-state index in [4.69, 9.17) is 4.74 Å². The number of rotatable bonds is 9. The van der Waals surface area contributed by atoms with Crippen molar-refractivity contribution in [3.8, 4) is 0 Å². The standard InChI is InChI=1S/C18H26O2/c1-4-5-6-7-11-14-17(15(2)3)20-18(19)16-12-9-8-10-13-16/h8-10,12-13,17H,2,4-7,11,14H2,1,3H3. The number of ether oxygens (including phenoxy) is 1. The van der Waals surface area contributed by atoms with E-state index >= 15 is 0 Å². The number of carbonyl (C=O) groups is 1. The molecule has 0 N–H and O–H groups in total. The topological polar surface area (TPSA) is 26.3 Å². The zero-order chi connectivity index (χ0) is 14.8. The third-order valence-electron chi connectivity index (χ3n) is 3.38. The minimum absolute atomic E-state index is 0.163. The van der Waals surface area contributed by atoms with Crippen LogP contribution in [0.1, 0.15) is 62.7 Å². The number of esters is 1. The highest BCUT2D eigenvalue weighted by Gasteiger charge is 2.16. The van der Waals surface area contributed by atoms with E-state index in [1.807, 2.05) is 25.1 Å². The summed E-state index contributed by atoms with van der Waals surface area (Å²) in [7, 11) is 0. The van der Waals surface area contributed by atoms with E-state index in [2.05, 4.69) is 13.5 Å². The van der Waals surface area contributed by atoms with Crippen LogP contribution in [0.25, 0.3) is 0 Å². The van der Waals surface area contributed by atoms with Crippen molar-refractivity contribution >= 4 is 5.97 Å². The van der Waals surface area contributed by atoms with Crippen LogP contribution in [0, 0.1) is 0 Å². The second-order valence-corrected chi connectivity index (χ2v) is 5.31. The highest BCUT2D eigenvalue weighted by atomic mass is 16.5. The molecule has 110 valence electrons. The maximum atomic E-state index is 12.0. The van der Waals surface area contributed by atoms with Crippen LogP contribution < -0.4 is 0 Å². The average molecular weight is 274 g/mol. The van der Waals surface area contributed by atoms with Crippen molar-refractivity contribution in [1.82, 2.24) is 0 Å². The van der Waals surface area contributed by atoms with Gasteiger partial charge in [0, 0.05) is 0 Å². The van der Waals surface area contributed by atoms with Crippen LogP contribution in [-0.4, -0.2) is 12.1 Å². The van der Waals surface area contributed by atoms with Crippen molar-refractivity contribution < 1.29 is 9.53 Å². The molecule has 1 atom stereocenters. The maximum Gasteiger partial charge on any atom is 0.338 e. The molecule has 0 amide bonds. The Morgan fingerprint density at radius 3 is 2.40 bits per heavy atom. The SMILES string of the molecule is C=C(C)C(CCCCCCC)OC(=O)c1ccccc1. The normalized spacial score (nSPS) is 11.9. The third-order valence-corrected chi connectivity index (χ3v) is 3.38. The summed E-state index contributed by atoms with van der Waals surface area (Å²) in [5.74, 6) is -0.257. The molecule has 0 bridgehead atoms. The molecule has 1 aromatic rings. The lowest BCUT2D eigenvalue weighted by molar-refractivity contribution is 0.0354. The van der Waals surface area contributed by atoms with Crippen LogP contribution in [0.4, 0.5) is 0 Å². The van der Waals surface area contributed by atoms with Gasteiger partial charge in [0.05, 0.1) is 5.56 Å². The van der Waals surface area contributed by atoms with Crippen molar-refractivity contribution in [3.05, 3.63) is 48.0 Å². The first-order valence-electron chi connectivity index (χ1n) is 7.56. The molecule has 20 heavy (non-hydrogen) atoms. The number of carbonyl (C=O) groups excluding carboxylic acids is 1. The van der Waals surface area contributed by atoms with Gasteiger partial charge >= 0.3 is 5.97 Å². The molecule has 1 unspecified atom stereocenters. The zero-order valence-corrected chi connectivity index (χ0v) is 12.7. The number of hydrogen-bond acceptors (Lipinski definition) is 2. The van der Waals surface area contributed by atoms with Gasteiger partial charge in [0.15, 0.2) is 0 Å². The molecule has 2 heteroatoms. The summed E-state index contributed by atoms with van der Waals surface area (Å²) >= 11 is 0. The van der Waals surface area contributed by atoms with Crippen LogP contribution in [-0.2, 0) is 4.74 Å². The smallest absolute Gasteiger partial charge is 0.338 e. The second-order valence-electron chi connectivity index (χ2n) is 5.31. The minimum atomic E-state index is -0.257. The molecule has 0 radical (unpaired) electrons. The molecule has 0 aliphatic rings. The van der Waals surface area contributed by atoms with Crippen LogP contribution in [0.5, 0.6) is 0 Å². The van der Waals surface area contributed by atoms with Crippen molar-refractivity contribution in [2.24, 2.45) is 0 Å². The second kappa shape index (κ2) is 9.35. The third kappa shape index (κ3) is 6.05. The maximum absolute atomic E-state index is 12.0. The van der Waals surface area contributed by atoms with Crippen molar-refractivity contribution in [1.29, 1.82) is 0 Å². The minimum Gasteiger partial charge on any atom is -0.454 e. The first kappa shape index (κ1) is 16.5. The number of hydrogen-bond donors (Lipinski definition) is 0. The van der Waals surface area contributed by atoms with Gasteiger partial charge in [-0.05, 0) is 37.5 Å². The van der Waals surface area contributed by atoms with Crippen LogP contribution in [0.2, 0.25) is 0 Å². The zero-order valence-electron chi connectivity index (χ0n) is 12.7. The molecule has 0 heterocycles. The predicted octanol–water partition coefficient (Wildman–Crippen LogP) is 5.15. The van der Waals surface area contributed by atoms with Gasteiger partial charge in [0.2, 0.25) is 0 Å². The molecule has 1 aromatic carbocycles. The van der Waals surface area contributed by atoms with Crippen molar-refractivity contribution in [3.63, 3.8) is 0 Å². The average Bonchev–Trinajstić information content (AvgIpc) is 2.46. The molecular formula is C18H26O2. The summed E-state index contributed by atoms with van der Waals surface area (Å²) < 4.78 is 5.57. The Hall–Kier alpha value is -1.57. The summed E-state index contributed by atoms with van der Waals surface area (Å²) in [6.07, 6.45) is 6.77. The lowest BCUT2D eigenvalue weighted by Crippen LogP contribution is -2.19. The molecule has 0 aliphatic heterocycles. The van der Waals surface area contributed by atoms with Gasteiger partial charge in [0.25, 0.3) is 0 Å². The Kier molecular flexibility index (Phi) is 7.71. The van der Waals surface area contributed by atoms with E-state index in [-0.39, 0.29) is 12.1 Å². The number of unbranched alkanes of at least 4 members (excludes halogenated alkanes) is 4. The van der Waals surface area contributed by atoms with Gasteiger partial charge in [-0.15, -0.1) is 0 Å². The molecule has 0 saturated carbocycles. The molecule has 0 saturated heterocycles. The summed E-state index contributed by atoms with van der Waals surface area (Å²) in [6.45, 7) is 8.07. The molecular weight excluding hydrogens is 248 g/mol. The summed E-state index contributed by atoms with van der Waals surface area (Å²) in [4.78, 5) is 12.0. The van der Waals surface area contributed by atoms with E-state index in [1.54, 1.807) is 12.1 Å². The Labute approximate surface area is 122 Å². The summed E-state index contributed by atoms with van der Waals surface area (Å²) in [6, 6.07) is 9.13. The van der Waals surface area contributed by atoms with Crippen LogP contribution >= 0.6 is 0 Å². The Bertz CT molecular complexity index is 409. The van der Waals surface area contributed by atoms with Gasteiger partial charge < -0.3 is 4.74 Å². The Morgan fingerprint density at radius 2 is 1.80 bits per heavy atom. The number of benzene rings is 1. The largest absolute Gasteiger partial charge is 0.454 e. The fourth-order valence-corrected chi connectivity index (χ4v) is 2.11. The van der Waals surface area contributed by atoms with E-state index in [9.17, 15) is 4.79 Å². The first-order chi connectivity index (χ1) is 9.65. The summed E-state index contributed by atoms with van der Waals surface area (Å²) in [5, 5.41) is 0. The van der Waals surface area contributed by atoms with E-state index in [1.165, 1.54) is 25.7 Å². The van der Waals surface area contributed by atoms with Crippen molar-refractivity contribution in [2.45, 2.75) is 58.5 Å². The van der Waals surface area contributed by atoms with E-state index < -0.39 is 0 Å². The first-order valence-corrected chi connectivity index (χ1v) is 7.56. The molecule has 1 rings (SSSR count). The quantitative estimate of drug-likeness (QED) is 0.354. The monoisotopic (exact) mass is 274 g/mol. The van der Waals surface area contributed by atoms with Gasteiger partial charge in [-0.1, -0.05) is 57.4 Å². The Morgan fingerprint density at radius 1 is 1.15 bits per heavy atom. The van der Waals surface area contributed by atoms with Crippen LogP contribution in [0.3, 0.4) is 0 Å². The highest BCUT2D eigenvalue weighted by Crippen LogP contribution is 2.16. The van der Waals surface area contributed by atoms with Crippen LogP contribution in [0.15, 0.2) is 42.5 Å². The van der Waals surface area contributed by atoms with Gasteiger partial charge in [-0.25, -0.2) is 4.79 Å². The van der Waals surface area contributed by atoms with Gasteiger partial charge in [-0.2, -0.15) is 0 Å². The Balaban J connectivity index is 2.43. The molecule has 0 aliphatic carbocycles. The molecule has 0 fully saturated rings. The van der Waals surface area contributed by atoms with Gasteiger partial charge in [0.1, 0.15) is 6.10 Å². The lowest BCUT2D eigenvalue weighted by Gasteiger charge is -2.18. The molecule has 2 nitrogen and oxygen atoms in total. The molecule has 0 spiro atoms. The fourth-order valence-electron chi connectivity index (χ4n) is 2.11.